The molecule has 0 atom stereocenters. The van der Waals surface area contributed by atoms with Crippen LogP contribution < -0.4 is 4.90 Å². The maximum Gasteiger partial charge on any atom is 0.231 e. The van der Waals surface area contributed by atoms with Gasteiger partial charge in [0.05, 0.1) is 9.72 Å². The van der Waals surface area contributed by atoms with Gasteiger partial charge in [0.25, 0.3) is 0 Å². The molecule has 1 aliphatic carbocycles. The fraction of sp³-hybridized carbons (Fsp3) is 0.600. The molecule has 7 heteroatoms. The van der Waals surface area contributed by atoms with E-state index in [1.165, 1.54) is 6.42 Å². The van der Waals surface area contributed by atoms with Crippen molar-refractivity contribution < 1.29 is 4.79 Å². The smallest absolute Gasteiger partial charge is 0.231 e. The van der Waals surface area contributed by atoms with Crippen LogP contribution in [0.25, 0.3) is 10.2 Å². The molecule has 0 saturated heterocycles. The number of para-hydroxylation sites is 1. The third kappa shape index (κ3) is 5.35. The zero-order valence-electron chi connectivity index (χ0n) is 16.1. The summed E-state index contributed by atoms with van der Waals surface area (Å²) in [6.07, 6.45) is 5.58. The summed E-state index contributed by atoms with van der Waals surface area (Å²) in [7, 11) is 0. The van der Waals surface area contributed by atoms with Gasteiger partial charge in [-0.1, -0.05) is 62.1 Å². The number of rotatable bonds is 7. The normalized spacial score (nSPS) is 15.1. The van der Waals surface area contributed by atoms with Crippen LogP contribution >= 0.6 is 35.3 Å². The van der Waals surface area contributed by atoms with Crippen molar-refractivity contribution in [1.82, 2.24) is 9.88 Å². The number of hydrogen-bond acceptors (Lipinski definition) is 4. The van der Waals surface area contributed by atoms with Crippen LogP contribution in [0.15, 0.2) is 18.2 Å². The molecule has 0 unspecified atom stereocenters. The lowest BCUT2D eigenvalue weighted by atomic mass is 9.88. The van der Waals surface area contributed by atoms with E-state index in [2.05, 4.69) is 18.7 Å². The second kappa shape index (κ2) is 10.6. The molecule has 0 spiro atoms. The van der Waals surface area contributed by atoms with Crippen molar-refractivity contribution in [1.29, 1.82) is 0 Å². The first-order valence-electron chi connectivity index (χ1n) is 9.72. The molecule has 3 rings (SSSR count). The zero-order valence-corrected chi connectivity index (χ0v) is 18.5. The molecule has 1 saturated carbocycles. The topological polar surface area (TPSA) is 36.4 Å². The van der Waals surface area contributed by atoms with Gasteiger partial charge in [0.15, 0.2) is 5.13 Å². The number of halogens is 2. The van der Waals surface area contributed by atoms with E-state index in [0.29, 0.717) is 11.6 Å². The average Bonchev–Trinajstić information content (AvgIpc) is 3.11. The highest BCUT2D eigenvalue weighted by Crippen LogP contribution is 2.34. The number of amides is 1. The number of anilines is 1. The number of nitrogens with zero attached hydrogens (tertiary/aromatic N) is 3. The largest absolute Gasteiger partial charge is 0.302 e. The molecular formula is C20H29Cl2N3OS. The van der Waals surface area contributed by atoms with Gasteiger partial charge in [-0.3, -0.25) is 9.69 Å². The Morgan fingerprint density at radius 1 is 1.19 bits per heavy atom. The first-order chi connectivity index (χ1) is 12.6. The molecule has 0 bridgehead atoms. The Morgan fingerprint density at radius 3 is 2.52 bits per heavy atom. The molecule has 0 N–H and O–H groups in total. The van der Waals surface area contributed by atoms with Crippen LogP contribution in [0.3, 0.4) is 0 Å². The molecule has 2 aromatic rings. The van der Waals surface area contributed by atoms with E-state index in [-0.39, 0.29) is 24.2 Å². The molecule has 0 radical (unpaired) electrons. The molecule has 1 fully saturated rings. The summed E-state index contributed by atoms with van der Waals surface area (Å²) in [5.41, 5.74) is 0.804. The lowest BCUT2D eigenvalue weighted by Gasteiger charge is -2.29. The van der Waals surface area contributed by atoms with Gasteiger partial charge in [-0.15, -0.1) is 12.4 Å². The Morgan fingerprint density at radius 2 is 1.89 bits per heavy atom. The third-order valence-electron chi connectivity index (χ3n) is 5.34. The number of fused-ring (bicyclic) bond motifs is 1. The number of hydrogen-bond donors (Lipinski definition) is 0. The van der Waals surface area contributed by atoms with Crippen molar-refractivity contribution in [3.63, 3.8) is 0 Å². The van der Waals surface area contributed by atoms with Crippen molar-refractivity contribution in [3.8, 4) is 0 Å². The van der Waals surface area contributed by atoms with E-state index in [0.717, 1.165) is 60.7 Å². The number of carbonyl (C=O) groups excluding carboxylic acids is 1. The van der Waals surface area contributed by atoms with Crippen LogP contribution in [0.2, 0.25) is 5.02 Å². The highest BCUT2D eigenvalue weighted by molar-refractivity contribution is 7.22. The first kappa shape index (κ1) is 22.4. The summed E-state index contributed by atoms with van der Waals surface area (Å²) < 4.78 is 1.04. The number of likely N-dealkylation sites (N-methyl/N-ethyl adjacent to an activating group) is 1. The number of aromatic nitrogens is 1. The lowest BCUT2D eigenvalue weighted by molar-refractivity contribution is -0.123. The highest BCUT2D eigenvalue weighted by atomic mass is 35.5. The van der Waals surface area contributed by atoms with E-state index in [9.17, 15) is 4.79 Å². The van der Waals surface area contributed by atoms with Crippen LogP contribution in [-0.2, 0) is 4.79 Å². The number of thiazole rings is 1. The lowest BCUT2D eigenvalue weighted by Crippen LogP contribution is -2.42. The molecule has 1 aromatic heterocycles. The first-order valence-corrected chi connectivity index (χ1v) is 10.9. The fourth-order valence-electron chi connectivity index (χ4n) is 3.67. The minimum Gasteiger partial charge on any atom is -0.302 e. The minimum atomic E-state index is 0. The molecule has 1 aliphatic rings. The molecule has 150 valence electrons. The average molecular weight is 430 g/mol. The van der Waals surface area contributed by atoms with Crippen molar-refractivity contribution in [2.75, 3.05) is 31.1 Å². The summed E-state index contributed by atoms with van der Waals surface area (Å²) in [6, 6.07) is 5.82. The Kier molecular flexibility index (Phi) is 8.80. The Labute approximate surface area is 177 Å². The van der Waals surface area contributed by atoms with Crippen LogP contribution in [0.4, 0.5) is 5.13 Å². The van der Waals surface area contributed by atoms with Crippen LogP contribution in [0, 0.1) is 5.92 Å². The monoisotopic (exact) mass is 429 g/mol. The van der Waals surface area contributed by atoms with E-state index in [4.69, 9.17) is 16.6 Å². The zero-order chi connectivity index (χ0) is 18.5. The van der Waals surface area contributed by atoms with E-state index >= 15 is 0 Å². The van der Waals surface area contributed by atoms with Crippen molar-refractivity contribution in [2.24, 2.45) is 5.92 Å². The maximum atomic E-state index is 13.3. The quantitative estimate of drug-likeness (QED) is 0.572. The number of benzene rings is 1. The molecule has 1 aromatic carbocycles. The number of carbonyl (C=O) groups is 1. The summed E-state index contributed by atoms with van der Waals surface area (Å²) in [5.74, 6) is 0.384. The van der Waals surface area contributed by atoms with Crippen LogP contribution in [0.1, 0.15) is 46.0 Å². The SMILES string of the molecule is CCN(CC)CCN(C(=O)C1CCCCC1)c1nc2c(Cl)cccc2s1.Cl. The van der Waals surface area contributed by atoms with Crippen molar-refractivity contribution in [3.05, 3.63) is 23.2 Å². The Balaban J connectivity index is 0.00000261. The van der Waals surface area contributed by atoms with Crippen molar-refractivity contribution in [2.45, 2.75) is 46.0 Å². The second-order valence-electron chi connectivity index (χ2n) is 6.93. The predicted molar refractivity (Wildman–Crippen MR) is 119 cm³/mol. The third-order valence-corrected chi connectivity index (χ3v) is 6.69. The van der Waals surface area contributed by atoms with Gasteiger partial charge in [-0.25, -0.2) is 4.98 Å². The van der Waals surface area contributed by atoms with Gasteiger partial charge >= 0.3 is 0 Å². The van der Waals surface area contributed by atoms with E-state index < -0.39 is 0 Å². The summed E-state index contributed by atoms with van der Waals surface area (Å²) in [5, 5.41) is 1.44. The molecule has 4 nitrogen and oxygen atoms in total. The van der Waals surface area contributed by atoms with E-state index in [1.54, 1.807) is 11.3 Å². The maximum absolute atomic E-state index is 13.3. The predicted octanol–water partition coefficient (Wildman–Crippen LogP) is 5.63. The standard InChI is InChI=1S/C20H28ClN3OS.ClH/c1-3-23(4-2)13-14-24(19(25)15-9-6-5-7-10-15)20-22-18-16(21)11-8-12-17(18)26-20;/h8,11-12,15H,3-7,9-10,13-14H2,1-2H3;1H. The molecular weight excluding hydrogens is 401 g/mol. The second-order valence-corrected chi connectivity index (χ2v) is 8.35. The van der Waals surface area contributed by atoms with Gasteiger partial charge in [0, 0.05) is 19.0 Å². The summed E-state index contributed by atoms with van der Waals surface area (Å²) in [6.45, 7) is 7.87. The van der Waals surface area contributed by atoms with Crippen molar-refractivity contribution >= 4 is 56.6 Å². The summed E-state index contributed by atoms with van der Waals surface area (Å²) >= 11 is 7.88. The summed E-state index contributed by atoms with van der Waals surface area (Å²) in [4.78, 5) is 22.3. The molecule has 1 heterocycles. The Hall–Kier alpha value is -0.880. The van der Waals surface area contributed by atoms with Gasteiger partial charge in [-0.05, 0) is 38.1 Å². The van der Waals surface area contributed by atoms with Gasteiger partial charge in [0.2, 0.25) is 5.91 Å². The van der Waals surface area contributed by atoms with Gasteiger partial charge in [-0.2, -0.15) is 0 Å². The van der Waals surface area contributed by atoms with E-state index in [1.807, 2.05) is 23.1 Å². The minimum absolute atomic E-state index is 0. The van der Waals surface area contributed by atoms with Gasteiger partial charge in [0.1, 0.15) is 5.52 Å². The highest BCUT2D eigenvalue weighted by Gasteiger charge is 2.29. The molecule has 1 amide bonds. The molecule has 27 heavy (non-hydrogen) atoms. The van der Waals surface area contributed by atoms with Gasteiger partial charge < -0.3 is 4.90 Å². The molecule has 0 aliphatic heterocycles. The Bertz CT molecular complexity index is 742. The fourth-order valence-corrected chi connectivity index (χ4v) is 4.97. The van der Waals surface area contributed by atoms with Crippen LogP contribution in [-0.4, -0.2) is 42.0 Å². The van der Waals surface area contributed by atoms with Crippen LogP contribution in [0.5, 0.6) is 0 Å².